The van der Waals surface area contributed by atoms with E-state index >= 15 is 0 Å². The molecule has 41 heavy (non-hydrogen) atoms. The number of esters is 1. The van der Waals surface area contributed by atoms with Gasteiger partial charge in [-0.1, -0.05) is 77.0 Å². The summed E-state index contributed by atoms with van der Waals surface area (Å²) in [5.41, 5.74) is 2.48. The van der Waals surface area contributed by atoms with Crippen molar-refractivity contribution in [2.45, 2.75) is 19.9 Å². The van der Waals surface area contributed by atoms with Crippen LogP contribution in [0.25, 0.3) is 11.8 Å². The summed E-state index contributed by atoms with van der Waals surface area (Å²) in [5, 5.41) is 0.896. The fourth-order valence-corrected chi connectivity index (χ4v) is 6.06. The number of benzene rings is 3. The van der Waals surface area contributed by atoms with Crippen LogP contribution in [0.2, 0.25) is 10.0 Å². The molecule has 5 rings (SSSR count). The zero-order chi connectivity index (χ0) is 29.1. The molecule has 0 N–H and O–H groups in total. The lowest BCUT2D eigenvalue weighted by atomic mass is 9.93. The smallest absolute Gasteiger partial charge is 0.338 e. The van der Waals surface area contributed by atoms with Crippen LogP contribution in [0, 0.1) is 0 Å². The van der Waals surface area contributed by atoms with Gasteiger partial charge in [0.15, 0.2) is 16.3 Å². The van der Waals surface area contributed by atoms with Crippen molar-refractivity contribution in [2.75, 3.05) is 20.3 Å². The Hall–Kier alpha value is -3.85. The van der Waals surface area contributed by atoms with E-state index in [2.05, 4.69) is 0 Å². The van der Waals surface area contributed by atoms with Gasteiger partial charge in [-0.3, -0.25) is 9.36 Å². The number of carbonyl (C=O) groups is 1. The first-order valence-electron chi connectivity index (χ1n) is 12.9. The number of ether oxygens (including phenoxy) is 3. The van der Waals surface area contributed by atoms with E-state index in [-0.39, 0.29) is 17.7 Å². The minimum Gasteiger partial charge on any atom is -0.493 e. The second-order valence-electron chi connectivity index (χ2n) is 8.95. The summed E-state index contributed by atoms with van der Waals surface area (Å²) in [5.74, 6) is 0.338. The van der Waals surface area contributed by atoms with Crippen LogP contribution >= 0.6 is 34.5 Å². The number of hydrogen-bond acceptors (Lipinski definition) is 7. The van der Waals surface area contributed by atoms with Crippen molar-refractivity contribution in [3.63, 3.8) is 0 Å². The molecule has 10 heteroatoms. The standard InChI is InChI=1S/C31H26Cl2N2O5S/c1-4-39-28-22(33)15-18(16-23(28)38-3)17-24-29(36)35-27(20-11-13-21(32)14-12-20)25(30(37)40-5-2)26(34-31(35)41-24)19-9-7-6-8-10-19/h6-17,27H,4-5H2,1-3H3/b24-17-/t27-/m1/s1. The monoisotopic (exact) mass is 608 g/mol. The Morgan fingerprint density at radius 2 is 1.78 bits per heavy atom. The average molecular weight is 610 g/mol. The molecule has 3 aromatic carbocycles. The van der Waals surface area contributed by atoms with Crippen molar-refractivity contribution >= 4 is 52.3 Å². The maximum absolute atomic E-state index is 14.0. The van der Waals surface area contributed by atoms with Gasteiger partial charge in [0.1, 0.15) is 0 Å². The first-order valence-corrected chi connectivity index (χ1v) is 14.5. The Labute approximate surface area is 250 Å². The number of nitrogens with zero attached hydrogens (tertiary/aromatic N) is 2. The zero-order valence-electron chi connectivity index (χ0n) is 22.5. The summed E-state index contributed by atoms with van der Waals surface area (Å²) in [7, 11) is 1.53. The number of fused-ring (bicyclic) bond motifs is 1. The van der Waals surface area contributed by atoms with Gasteiger partial charge in [-0.25, -0.2) is 9.79 Å². The minimum absolute atomic E-state index is 0.169. The van der Waals surface area contributed by atoms with E-state index in [9.17, 15) is 9.59 Å². The maximum atomic E-state index is 14.0. The molecule has 0 aliphatic carbocycles. The normalized spacial score (nSPS) is 14.9. The van der Waals surface area contributed by atoms with Gasteiger partial charge in [-0.05, 0) is 55.3 Å². The molecule has 0 unspecified atom stereocenters. The molecule has 0 bridgehead atoms. The van der Waals surface area contributed by atoms with Crippen LogP contribution in [0.5, 0.6) is 11.5 Å². The number of carbonyl (C=O) groups excluding carboxylic acids is 1. The first-order chi connectivity index (χ1) is 19.9. The summed E-state index contributed by atoms with van der Waals surface area (Å²) in [4.78, 5) is 32.8. The lowest BCUT2D eigenvalue weighted by Crippen LogP contribution is -2.40. The molecule has 1 aromatic heterocycles. The van der Waals surface area contributed by atoms with E-state index < -0.39 is 12.0 Å². The van der Waals surface area contributed by atoms with Crippen LogP contribution < -0.4 is 24.4 Å². The van der Waals surface area contributed by atoms with Crippen molar-refractivity contribution in [3.05, 3.63) is 119 Å². The van der Waals surface area contributed by atoms with Gasteiger partial charge in [0.05, 0.1) is 47.2 Å². The summed E-state index contributed by atoms with van der Waals surface area (Å²) < 4.78 is 18.5. The van der Waals surface area contributed by atoms with Crippen LogP contribution in [0.15, 0.2) is 82.1 Å². The minimum atomic E-state index is -0.793. The van der Waals surface area contributed by atoms with Gasteiger partial charge in [-0.15, -0.1) is 0 Å². The highest BCUT2D eigenvalue weighted by molar-refractivity contribution is 7.07. The number of thiazole rings is 1. The van der Waals surface area contributed by atoms with Gasteiger partial charge in [0.2, 0.25) is 0 Å². The van der Waals surface area contributed by atoms with Crippen LogP contribution in [0.3, 0.4) is 0 Å². The predicted octanol–water partition coefficient (Wildman–Crippen LogP) is 5.65. The fourth-order valence-electron chi connectivity index (χ4n) is 4.66. The molecule has 1 aliphatic heterocycles. The van der Waals surface area contributed by atoms with Crippen molar-refractivity contribution in [1.29, 1.82) is 0 Å². The van der Waals surface area contributed by atoms with E-state index in [4.69, 9.17) is 42.4 Å². The van der Waals surface area contributed by atoms with E-state index in [1.165, 1.54) is 23.0 Å². The van der Waals surface area contributed by atoms with E-state index in [0.29, 0.717) is 54.3 Å². The van der Waals surface area contributed by atoms with Crippen LogP contribution in [0.4, 0.5) is 0 Å². The topological polar surface area (TPSA) is 79.1 Å². The highest BCUT2D eigenvalue weighted by Gasteiger charge is 2.35. The van der Waals surface area contributed by atoms with Crippen LogP contribution in [0.1, 0.15) is 36.6 Å². The number of rotatable bonds is 8. The lowest BCUT2D eigenvalue weighted by Gasteiger charge is -2.25. The first kappa shape index (κ1) is 28.7. The molecule has 0 saturated heterocycles. The van der Waals surface area contributed by atoms with Gasteiger partial charge >= 0.3 is 5.97 Å². The van der Waals surface area contributed by atoms with Crippen molar-refractivity contribution in [2.24, 2.45) is 4.99 Å². The second kappa shape index (κ2) is 12.3. The largest absolute Gasteiger partial charge is 0.493 e. The van der Waals surface area contributed by atoms with Gasteiger partial charge in [0.25, 0.3) is 5.56 Å². The Morgan fingerprint density at radius 1 is 1.05 bits per heavy atom. The molecular weight excluding hydrogens is 583 g/mol. The van der Waals surface area contributed by atoms with E-state index in [1.807, 2.05) is 37.3 Å². The average Bonchev–Trinajstić information content (AvgIpc) is 3.28. The Morgan fingerprint density at radius 3 is 2.44 bits per heavy atom. The molecule has 1 atom stereocenters. The summed E-state index contributed by atoms with van der Waals surface area (Å²) >= 11 is 13.9. The van der Waals surface area contributed by atoms with Crippen molar-refractivity contribution in [1.82, 2.24) is 4.57 Å². The van der Waals surface area contributed by atoms with Crippen molar-refractivity contribution in [3.8, 4) is 11.5 Å². The third kappa shape index (κ3) is 5.68. The summed E-state index contributed by atoms with van der Waals surface area (Å²) in [6.07, 6.45) is 1.73. The Kier molecular flexibility index (Phi) is 8.63. The molecule has 7 nitrogen and oxygen atoms in total. The molecule has 4 aromatic rings. The quantitative estimate of drug-likeness (QED) is 0.242. The molecule has 0 spiro atoms. The number of hydrogen-bond donors (Lipinski definition) is 0. The lowest BCUT2D eigenvalue weighted by molar-refractivity contribution is -0.138. The highest BCUT2D eigenvalue weighted by Crippen LogP contribution is 2.37. The molecular formula is C31H26Cl2N2O5S. The number of halogens is 2. The van der Waals surface area contributed by atoms with E-state index in [1.54, 1.807) is 49.4 Å². The molecule has 0 fully saturated rings. The maximum Gasteiger partial charge on any atom is 0.338 e. The number of aromatic nitrogens is 1. The fraction of sp³-hybridized carbons (Fsp3) is 0.194. The summed E-state index contributed by atoms with van der Waals surface area (Å²) in [6.45, 7) is 4.19. The van der Waals surface area contributed by atoms with Crippen LogP contribution in [-0.4, -0.2) is 30.9 Å². The molecule has 0 saturated carbocycles. The van der Waals surface area contributed by atoms with Gasteiger partial charge < -0.3 is 14.2 Å². The molecule has 0 radical (unpaired) electrons. The zero-order valence-corrected chi connectivity index (χ0v) is 24.8. The predicted molar refractivity (Wildman–Crippen MR) is 162 cm³/mol. The molecule has 210 valence electrons. The number of methoxy groups -OCH3 is 1. The molecule has 0 amide bonds. The Bertz CT molecular complexity index is 1810. The van der Waals surface area contributed by atoms with Gasteiger partial charge in [-0.2, -0.15) is 0 Å². The van der Waals surface area contributed by atoms with Crippen LogP contribution in [-0.2, 0) is 9.53 Å². The SMILES string of the molecule is CCOC(=O)C1=C(c2ccccc2)N=c2s/c(=C\c3cc(Cl)c(OCC)c(OC)c3)c(=O)n2[C@@H]1c1ccc(Cl)cc1. The van der Waals surface area contributed by atoms with Gasteiger partial charge in [0, 0.05) is 10.6 Å². The van der Waals surface area contributed by atoms with E-state index in [0.717, 1.165) is 5.56 Å². The third-order valence-corrected chi connectivity index (χ3v) is 7.91. The van der Waals surface area contributed by atoms with Crippen molar-refractivity contribution < 1.29 is 19.0 Å². The molecule has 1 aliphatic rings. The second-order valence-corrected chi connectivity index (χ2v) is 10.8. The summed E-state index contributed by atoms with van der Waals surface area (Å²) in [6, 6.07) is 19.1. The third-order valence-electron chi connectivity index (χ3n) is 6.40. The Balaban J connectivity index is 1.79. The molecule has 2 heterocycles. The highest BCUT2D eigenvalue weighted by atomic mass is 35.5.